The van der Waals surface area contributed by atoms with Gasteiger partial charge < -0.3 is 0 Å². The Bertz CT molecular complexity index is 726. The summed E-state index contributed by atoms with van der Waals surface area (Å²) in [4.78, 5) is 15.8. The Labute approximate surface area is 91.3 Å². The lowest BCUT2D eigenvalue weighted by Crippen LogP contribution is -2.24. The number of aromatic nitrogens is 4. The minimum absolute atomic E-state index is 0.256. The molecule has 86 valence electrons. The summed E-state index contributed by atoms with van der Waals surface area (Å²) < 4.78 is 25.2. The van der Waals surface area contributed by atoms with E-state index in [1.54, 1.807) is 7.05 Å². The average molecular weight is 242 g/mol. The van der Waals surface area contributed by atoms with Crippen LogP contribution in [0.2, 0.25) is 0 Å². The van der Waals surface area contributed by atoms with Crippen LogP contribution in [0.3, 0.4) is 0 Å². The van der Waals surface area contributed by atoms with Gasteiger partial charge in [0, 0.05) is 20.4 Å². The molecule has 2 aromatic rings. The smallest absolute Gasteiger partial charge is 0.265 e. The van der Waals surface area contributed by atoms with Crippen molar-refractivity contribution in [3.05, 3.63) is 16.6 Å². The van der Waals surface area contributed by atoms with E-state index in [0.29, 0.717) is 5.39 Å². The largest absolute Gasteiger partial charge is 0.286 e. The van der Waals surface area contributed by atoms with Crippen molar-refractivity contribution in [3.63, 3.8) is 0 Å². The van der Waals surface area contributed by atoms with Crippen LogP contribution in [-0.2, 0) is 23.9 Å². The molecule has 0 spiro atoms. The first-order chi connectivity index (χ1) is 7.32. The summed E-state index contributed by atoms with van der Waals surface area (Å²) in [7, 11) is -0.560. The molecular formula is C8H10N4O3S. The quantitative estimate of drug-likeness (QED) is 0.603. The van der Waals surface area contributed by atoms with E-state index in [1.807, 2.05) is 0 Å². The summed E-state index contributed by atoms with van der Waals surface area (Å²) in [6, 6.07) is 0. The molecule has 16 heavy (non-hydrogen) atoms. The van der Waals surface area contributed by atoms with Crippen molar-refractivity contribution in [3.8, 4) is 0 Å². The molecule has 0 bridgehead atoms. The molecule has 0 N–H and O–H groups in total. The maximum absolute atomic E-state index is 11.8. The number of aryl methyl sites for hydroxylation is 1. The van der Waals surface area contributed by atoms with E-state index < -0.39 is 15.4 Å². The highest BCUT2D eigenvalue weighted by Crippen LogP contribution is 2.09. The Morgan fingerprint density at radius 3 is 2.50 bits per heavy atom. The molecule has 0 aliphatic carbocycles. The first-order valence-corrected chi connectivity index (χ1v) is 6.30. The second-order valence-corrected chi connectivity index (χ2v) is 5.45. The standard InChI is InChI=1S/C8H10N4O3S/c1-11-7(13)5-4-9-12(2)6(5)10-8(11)16(3,14)15/h4H,1-3H3. The number of nitrogens with zero attached hydrogens (tertiary/aromatic N) is 4. The minimum atomic E-state index is -3.53. The molecule has 0 saturated carbocycles. The molecule has 0 amide bonds. The summed E-state index contributed by atoms with van der Waals surface area (Å²) in [6.45, 7) is 0. The van der Waals surface area contributed by atoms with Crippen molar-refractivity contribution in [2.75, 3.05) is 6.26 Å². The van der Waals surface area contributed by atoms with Gasteiger partial charge in [0.25, 0.3) is 5.56 Å². The second kappa shape index (κ2) is 3.14. The highest BCUT2D eigenvalue weighted by Gasteiger charge is 2.18. The number of sulfone groups is 1. The minimum Gasteiger partial charge on any atom is -0.286 e. The third kappa shape index (κ3) is 1.42. The second-order valence-electron chi connectivity index (χ2n) is 3.54. The molecule has 0 aromatic carbocycles. The molecule has 7 nitrogen and oxygen atoms in total. The van der Waals surface area contributed by atoms with Crippen LogP contribution < -0.4 is 5.56 Å². The van der Waals surface area contributed by atoms with Crippen molar-refractivity contribution >= 4 is 20.9 Å². The van der Waals surface area contributed by atoms with Gasteiger partial charge in [-0.3, -0.25) is 14.0 Å². The predicted octanol–water partition coefficient (Wildman–Crippen LogP) is -0.930. The number of fused-ring (bicyclic) bond motifs is 1. The van der Waals surface area contributed by atoms with Crippen molar-refractivity contribution < 1.29 is 8.42 Å². The number of rotatable bonds is 1. The van der Waals surface area contributed by atoms with Crippen molar-refractivity contribution in [2.45, 2.75) is 5.16 Å². The first-order valence-electron chi connectivity index (χ1n) is 4.41. The van der Waals surface area contributed by atoms with E-state index in [0.717, 1.165) is 10.8 Å². The van der Waals surface area contributed by atoms with Crippen molar-refractivity contribution in [1.82, 2.24) is 19.3 Å². The Kier molecular flexibility index (Phi) is 2.12. The number of hydrogen-bond acceptors (Lipinski definition) is 5. The van der Waals surface area contributed by atoms with E-state index in [2.05, 4.69) is 10.1 Å². The lowest BCUT2D eigenvalue weighted by atomic mass is 10.4. The van der Waals surface area contributed by atoms with E-state index >= 15 is 0 Å². The van der Waals surface area contributed by atoms with Gasteiger partial charge in [-0.15, -0.1) is 0 Å². The van der Waals surface area contributed by atoms with Crippen molar-refractivity contribution in [2.24, 2.45) is 14.1 Å². The Morgan fingerprint density at radius 2 is 1.94 bits per heavy atom. The molecule has 0 aliphatic rings. The van der Waals surface area contributed by atoms with Gasteiger partial charge in [0.15, 0.2) is 5.65 Å². The zero-order chi connectivity index (χ0) is 12.1. The zero-order valence-corrected chi connectivity index (χ0v) is 9.82. The molecule has 0 aliphatic heterocycles. The summed E-state index contributed by atoms with van der Waals surface area (Å²) in [5.74, 6) is 0. The maximum Gasteiger partial charge on any atom is 0.265 e. The number of hydrogen-bond donors (Lipinski definition) is 0. The Balaban J connectivity index is 3.04. The van der Waals surface area contributed by atoms with Gasteiger partial charge in [0.05, 0.1) is 6.20 Å². The highest BCUT2D eigenvalue weighted by atomic mass is 32.2. The van der Waals surface area contributed by atoms with E-state index in [1.165, 1.54) is 17.9 Å². The van der Waals surface area contributed by atoms with Gasteiger partial charge in [-0.05, 0) is 0 Å². The summed E-state index contributed by atoms with van der Waals surface area (Å²) >= 11 is 0. The summed E-state index contributed by atoms with van der Waals surface area (Å²) in [5, 5.41) is 3.91. The van der Waals surface area contributed by atoms with Gasteiger partial charge in [0.1, 0.15) is 5.39 Å². The monoisotopic (exact) mass is 242 g/mol. The van der Waals surface area contributed by atoms with E-state index in [4.69, 9.17) is 0 Å². The third-order valence-corrected chi connectivity index (χ3v) is 3.29. The van der Waals surface area contributed by atoms with Crippen LogP contribution in [0.1, 0.15) is 0 Å². The Morgan fingerprint density at radius 1 is 1.31 bits per heavy atom. The fraction of sp³-hybridized carbons (Fsp3) is 0.375. The van der Waals surface area contributed by atoms with Gasteiger partial charge in [-0.2, -0.15) is 10.1 Å². The van der Waals surface area contributed by atoms with Crippen LogP contribution in [0.15, 0.2) is 16.1 Å². The van der Waals surface area contributed by atoms with Gasteiger partial charge in [-0.25, -0.2) is 8.42 Å². The molecule has 0 saturated heterocycles. The van der Waals surface area contributed by atoms with Crippen LogP contribution in [0.5, 0.6) is 0 Å². The van der Waals surface area contributed by atoms with Crippen LogP contribution >= 0.6 is 0 Å². The molecule has 0 atom stereocenters. The fourth-order valence-corrected chi connectivity index (χ4v) is 2.31. The van der Waals surface area contributed by atoms with Crippen LogP contribution in [0, 0.1) is 0 Å². The third-order valence-electron chi connectivity index (χ3n) is 2.26. The van der Waals surface area contributed by atoms with Gasteiger partial charge >= 0.3 is 0 Å². The van der Waals surface area contributed by atoms with Crippen LogP contribution in [0.4, 0.5) is 0 Å². The maximum atomic E-state index is 11.8. The van der Waals surface area contributed by atoms with Gasteiger partial charge in [-0.1, -0.05) is 0 Å². The molecule has 2 heterocycles. The summed E-state index contributed by atoms with van der Waals surface area (Å²) in [5.41, 5.74) is -0.151. The normalized spacial score (nSPS) is 12.2. The first kappa shape index (κ1) is 10.8. The van der Waals surface area contributed by atoms with Crippen LogP contribution in [-0.4, -0.2) is 34.0 Å². The molecule has 0 radical (unpaired) electrons. The average Bonchev–Trinajstić information content (AvgIpc) is 2.52. The lowest BCUT2D eigenvalue weighted by molar-refractivity contribution is 0.577. The van der Waals surface area contributed by atoms with Crippen LogP contribution in [0.25, 0.3) is 11.0 Å². The van der Waals surface area contributed by atoms with E-state index in [-0.39, 0.29) is 10.8 Å². The highest BCUT2D eigenvalue weighted by molar-refractivity contribution is 7.90. The topological polar surface area (TPSA) is 86.8 Å². The summed E-state index contributed by atoms with van der Waals surface area (Å²) in [6.07, 6.45) is 2.38. The molecule has 8 heteroatoms. The van der Waals surface area contributed by atoms with E-state index in [9.17, 15) is 13.2 Å². The fourth-order valence-electron chi connectivity index (χ4n) is 1.48. The molecule has 0 unspecified atom stereocenters. The Hall–Kier alpha value is -1.70. The molecular weight excluding hydrogens is 232 g/mol. The predicted molar refractivity (Wildman–Crippen MR) is 56.9 cm³/mol. The molecule has 2 rings (SSSR count). The molecule has 0 fully saturated rings. The lowest BCUT2D eigenvalue weighted by Gasteiger charge is -2.04. The van der Waals surface area contributed by atoms with Gasteiger partial charge in [0.2, 0.25) is 15.0 Å². The zero-order valence-electron chi connectivity index (χ0n) is 9.00. The van der Waals surface area contributed by atoms with Crippen molar-refractivity contribution in [1.29, 1.82) is 0 Å². The molecule has 2 aromatic heterocycles. The SMILES string of the molecule is Cn1c(S(C)(=O)=O)nc2c(cnn2C)c1=O.